The van der Waals surface area contributed by atoms with E-state index in [-0.39, 0.29) is 5.56 Å². The molecule has 1 aromatic carbocycles. The van der Waals surface area contributed by atoms with Gasteiger partial charge in [-0.2, -0.15) is 0 Å². The highest BCUT2D eigenvalue weighted by Gasteiger charge is 2.24. The van der Waals surface area contributed by atoms with E-state index in [9.17, 15) is 4.79 Å². The third-order valence-corrected chi connectivity index (χ3v) is 5.49. The zero-order valence-corrected chi connectivity index (χ0v) is 16.6. The van der Waals surface area contributed by atoms with Crippen molar-refractivity contribution in [1.29, 1.82) is 0 Å². The molecule has 0 saturated heterocycles. The molecule has 0 unspecified atom stereocenters. The van der Waals surface area contributed by atoms with Crippen LogP contribution in [0.15, 0.2) is 64.2 Å². The summed E-state index contributed by atoms with van der Waals surface area (Å²) in [5.74, 6) is 1.36. The number of H-pyrrole nitrogens is 1. The number of pyridine rings is 1. The summed E-state index contributed by atoms with van der Waals surface area (Å²) >= 11 is 0. The van der Waals surface area contributed by atoms with Gasteiger partial charge < -0.3 is 9.51 Å². The number of hydrogen-bond donors (Lipinski definition) is 1. The van der Waals surface area contributed by atoms with Gasteiger partial charge in [0, 0.05) is 55.1 Å². The van der Waals surface area contributed by atoms with Crippen molar-refractivity contribution >= 4 is 0 Å². The van der Waals surface area contributed by atoms with Crippen molar-refractivity contribution in [2.24, 2.45) is 0 Å². The van der Waals surface area contributed by atoms with Crippen molar-refractivity contribution in [2.75, 3.05) is 6.54 Å². The molecule has 0 atom stereocenters. The molecular weight excluding hydrogens is 378 g/mol. The highest BCUT2D eigenvalue weighted by atomic mass is 16.5. The minimum Gasteiger partial charge on any atom is -0.356 e. The maximum atomic E-state index is 12.8. The second-order valence-corrected chi connectivity index (χ2v) is 7.48. The molecule has 30 heavy (non-hydrogen) atoms. The summed E-state index contributed by atoms with van der Waals surface area (Å²) in [6.45, 7) is 3.99. The van der Waals surface area contributed by atoms with Crippen LogP contribution in [-0.4, -0.2) is 31.6 Å². The van der Waals surface area contributed by atoms with Gasteiger partial charge in [-0.15, -0.1) is 0 Å². The van der Waals surface area contributed by atoms with Gasteiger partial charge in [0.2, 0.25) is 0 Å². The summed E-state index contributed by atoms with van der Waals surface area (Å²) in [5, 5.41) is 4.18. The van der Waals surface area contributed by atoms with Crippen LogP contribution in [0.1, 0.15) is 22.5 Å². The van der Waals surface area contributed by atoms with Gasteiger partial charge in [-0.1, -0.05) is 35.5 Å². The molecule has 0 radical (unpaired) electrons. The molecule has 5 rings (SSSR count). The summed E-state index contributed by atoms with van der Waals surface area (Å²) in [6.07, 6.45) is 4.13. The standard InChI is InChI=1S/C23H21N5O2/c1-15-18(21(30-27-15)16-6-3-2-4-7-16)13-28-11-9-20-19(14-28)23(29)26-22(25-20)17-8-5-10-24-12-17/h2-8,10,12H,9,11,13-14H2,1H3,(H,25,26,29). The van der Waals surface area contributed by atoms with E-state index >= 15 is 0 Å². The van der Waals surface area contributed by atoms with E-state index in [0.29, 0.717) is 18.9 Å². The lowest BCUT2D eigenvalue weighted by molar-refractivity contribution is 0.241. The predicted molar refractivity (Wildman–Crippen MR) is 113 cm³/mol. The summed E-state index contributed by atoms with van der Waals surface area (Å²) in [4.78, 5) is 26.8. The van der Waals surface area contributed by atoms with Crippen molar-refractivity contribution in [3.05, 3.63) is 87.7 Å². The van der Waals surface area contributed by atoms with Crippen LogP contribution in [0.4, 0.5) is 0 Å². The summed E-state index contributed by atoms with van der Waals surface area (Å²) in [5.41, 5.74) is 5.25. The quantitative estimate of drug-likeness (QED) is 0.566. The molecule has 3 aromatic heterocycles. The third kappa shape index (κ3) is 3.44. The van der Waals surface area contributed by atoms with Crippen LogP contribution in [-0.2, 0) is 19.5 Å². The SMILES string of the molecule is Cc1noc(-c2ccccc2)c1CN1CCc2nc(-c3cccnc3)[nH]c(=O)c2C1. The van der Waals surface area contributed by atoms with Gasteiger partial charge in [-0.25, -0.2) is 4.98 Å². The fourth-order valence-electron chi connectivity index (χ4n) is 3.87. The Bertz CT molecular complexity index is 1230. The van der Waals surface area contributed by atoms with Gasteiger partial charge in [0.05, 0.1) is 17.0 Å². The third-order valence-electron chi connectivity index (χ3n) is 5.49. The minimum atomic E-state index is -0.0890. The zero-order valence-electron chi connectivity index (χ0n) is 16.6. The first-order chi connectivity index (χ1) is 14.7. The Morgan fingerprint density at radius 2 is 1.97 bits per heavy atom. The summed E-state index contributed by atoms with van der Waals surface area (Å²) in [7, 11) is 0. The molecule has 0 amide bonds. The Morgan fingerprint density at radius 3 is 2.77 bits per heavy atom. The number of aryl methyl sites for hydroxylation is 1. The number of rotatable bonds is 4. The molecule has 0 aliphatic carbocycles. The second-order valence-electron chi connectivity index (χ2n) is 7.48. The van der Waals surface area contributed by atoms with E-state index in [1.54, 1.807) is 12.4 Å². The average molecular weight is 399 g/mol. The number of benzene rings is 1. The molecule has 1 N–H and O–H groups in total. The van der Waals surface area contributed by atoms with Crippen molar-refractivity contribution in [1.82, 2.24) is 25.0 Å². The largest absolute Gasteiger partial charge is 0.356 e. The lowest BCUT2D eigenvalue weighted by Crippen LogP contribution is -2.35. The molecule has 1 aliphatic rings. The van der Waals surface area contributed by atoms with Gasteiger partial charge in [-0.05, 0) is 19.1 Å². The molecule has 7 heteroatoms. The Kier molecular flexibility index (Phi) is 4.72. The van der Waals surface area contributed by atoms with E-state index in [1.165, 1.54) is 0 Å². The molecule has 7 nitrogen and oxygen atoms in total. The molecule has 4 aromatic rings. The fraction of sp³-hybridized carbons (Fsp3) is 0.217. The smallest absolute Gasteiger partial charge is 0.255 e. The van der Waals surface area contributed by atoms with Gasteiger partial charge in [-0.3, -0.25) is 14.7 Å². The number of nitrogens with zero attached hydrogens (tertiary/aromatic N) is 4. The molecule has 0 saturated carbocycles. The van der Waals surface area contributed by atoms with Gasteiger partial charge in [0.1, 0.15) is 5.82 Å². The topological polar surface area (TPSA) is 87.9 Å². The highest BCUT2D eigenvalue weighted by molar-refractivity contribution is 5.61. The maximum absolute atomic E-state index is 12.8. The van der Waals surface area contributed by atoms with Gasteiger partial charge >= 0.3 is 0 Å². The van der Waals surface area contributed by atoms with Crippen molar-refractivity contribution < 1.29 is 4.52 Å². The first kappa shape index (κ1) is 18.4. The lowest BCUT2D eigenvalue weighted by atomic mass is 10.0. The van der Waals surface area contributed by atoms with E-state index in [0.717, 1.165) is 52.4 Å². The van der Waals surface area contributed by atoms with E-state index in [2.05, 4.69) is 20.0 Å². The summed E-state index contributed by atoms with van der Waals surface area (Å²) in [6, 6.07) is 13.7. The number of aromatic amines is 1. The van der Waals surface area contributed by atoms with Crippen molar-refractivity contribution in [3.8, 4) is 22.7 Å². The number of nitrogens with one attached hydrogen (secondary N) is 1. The number of fused-ring (bicyclic) bond motifs is 1. The van der Waals surface area contributed by atoms with Crippen LogP contribution in [0.5, 0.6) is 0 Å². The molecule has 4 heterocycles. The molecule has 0 spiro atoms. The monoisotopic (exact) mass is 399 g/mol. The number of hydrogen-bond acceptors (Lipinski definition) is 6. The lowest BCUT2D eigenvalue weighted by Gasteiger charge is -2.27. The molecular formula is C23H21N5O2. The van der Waals surface area contributed by atoms with Gasteiger partial charge in [0.25, 0.3) is 5.56 Å². The van der Waals surface area contributed by atoms with Crippen LogP contribution < -0.4 is 5.56 Å². The number of aromatic nitrogens is 4. The van der Waals surface area contributed by atoms with E-state index < -0.39 is 0 Å². The highest BCUT2D eigenvalue weighted by Crippen LogP contribution is 2.28. The molecule has 0 fully saturated rings. The minimum absolute atomic E-state index is 0.0890. The van der Waals surface area contributed by atoms with Crippen LogP contribution in [0, 0.1) is 6.92 Å². The van der Waals surface area contributed by atoms with Crippen LogP contribution in [0.25, 0.3) is 22.7 Å². The first-order valence-electron chi connectivity index (χ1n) is 9.94. The molecule has 150 valence electrons. The average Bonchev–Trinajstić information content (AvgIpc) is 3.15. The van der Waals surface area contributed by atoms with Crippen LogP contribution in [0.2, 0.25) is 0 Å². The predicted octanol–water partition coefficient (Wildman–Crippen LogP) is 3.35. The van der Waals surface area contributed by atoms with Gasteiger partial charge in [0.15, 0.2) is 5.76 Å². The second kappa shape index (κ2) is 7.68. The Morgan fingerprint density at radius 1 is 1.13 bits per heavy atom. The van der Waals surface area contributed by atoms with Crippen molar-refractivity contribution in [3.63, 3.8) is 0 Å². The van der Waals surface area contributed by atoms with Crippen LogP contribution in [0.3, 0.4) is 0 Å². The van der Waals surface area contributed by atoms with Crippen molar-refractivity contribution in [2.45, 2.75) is 26.4 Å². The molecule has 1 aliphatic heterocycles. The summed E-state index contributed by atoms with van der Waals surface area (Å²) < 4.78 is 5.62. The maximum Gasteiger partial charge on any atom is 0.255 e. The normalized spacial score (nSPS) is 13.9. The molecule has 0 bridgehead atoms. The van der Waals surface area contributed by atoms with Crippen LogP contribution >= 0.6 is 0 Å². The van der Waals surface area contributed by atoms with E-state index in [1.807, 2.05) is 49.4 Å². The first-order valence-corrected chi connectivity index (χ1v) is 9.94. The Labute approximate surface area is 173 Å². The zero-order chi connectivity index (χ0) is 20.5. The Balaban J connectivity index is 1.41. The Hall–Kier alpha value is -3.58. The van der Waals surface area contributed by atoms with E-state index in [4.69, 9.17) is 9.51 Å². The fourth-order valence-corrected chi connectivity index (χ4v) is 3.87.